The Balaban J connectivity index is 2.93. The van der Waals surface area contributed by atoms with Crippen LogP contribution in [0.3, 0.4) is 0 Å². The van der Waals surface area contributed by atoms with Crippen LogP contribution in [0.4, 0.5) is 0 Å². The van der Waals surface area contributed by atoms with Crippen LogP contribution in [0.25, 0.3) is 0 Å². The van der Waals surface area contributed by atoms with E-state index in [1.165, 1.54) is 0 Å². The summed E-state index contributed by atoms with van der Waals surface area (Å²) < 4.78 is 26.7. The largest absolute Gasteiger partial charge is 0.392 e. The number of hydrogen-bond donors (Lipinski definition) is 2. The van der Waals surface area contributed by atoms with Crippen LogP contribution >= 0.6 is 12.2 Å². The third-order valence-corrected chi connectivity index (χ3v) is 4.32. The molecule has 6 heteroatoms. The van der Waals surface area contributed by atoms with E-state index in [0.29, 0.717) is 6.42 Å². The van der Waals surface area contributed by atoms with Crippen LogP contribution in [0.5, 0.6) is 0 Å². The van der Waals surface area contributed by atoms with Crippen molar-refractivity contribution >= 4 is 27.2 Å². The van der Waals surface area contributed by atoms with Gasteiger partial charge in [-0.05, 0) is 25.5 Å². The maximum atomic E-state index is 12.1. The highest BCUT2D eigenvalue weighted by atomic mass is 32.2. The van der Waals surface area contributed by atoms with E-state index < -0.39 is 16.1 Å². The molecule has 0 aliphatic heterocycles. The lowest BCUT2D eigenvalue weighted by Gasteiger charge is -2.16. The Kier molecular flexibility index (Phi) is 5.25. The molecule has 100 valence electrons. The standard InChI is InChI=1S/C12H18N2O2S2/c1-3-4-11(12(13)17)14-18(15,16)10-7-5-9(2)6-8-10/h5-8,11,14H,3-4H2,1-2H3,(H2,13,17). The van der Waals surface area contributed by atoms with Gasteiger partial charge in [0.1, 0.15) is 0 Å². The van der Waals surface area contributed by atoms with Crippen LogP contribution in [0.2, 0.25) is 0 Å². The van der Waals surface area contributed by atoms with Crippen LogP contribution in [-0.2, 0) is 10.0 Å². The van der Waals surface area contributed by atoms with Gasteiger partial charge in [0.2, 0.25) is 10.0 Å². The number of thiocarbonyl (C=S) groups is 1. The fraction of sp³-hybridized carbons (Fsp3) is 0.417. The van der Waals surface area contributed by atoms with Crippen molar-refractivity contribution in [2.45, 2.75) is 37.6 Å². The zero-order chi connectivity index (χ0) is 13.8. The lowest BCUT2D eigenvalue weighted by Crippen LogP contribution is -2.43. The first-order valence-corrected chi connectivity index (χ1v) is 7.64. The summed E-state index contributed by atoms with van der Waals surface area (Å²) in [6, 6.07) is 6.16. The third-order valence-electron chi connectivity index (χ3n) is 2.55. The molecule has 1 atom stereocenters. The number of rotatable bonds is 6. The Morgan fingerprint density at radius 3 is 2.39 bits per heavy atom. The Bertz CT molecular complexity index is 509. The molecule has 0 radical (unpaired) electrons. The highest BCUT2D eigenvalue weighted by molar-refractivity contribution is 7.89. The Morgan fingerprint density at radius 1 is 1.39 bits per heavy atom. The van der Waals surface area contributed by atoms with Crippen molar-refractivity contribution in [2.24, 2.45) is 5.73 Å². The third kappa shape index (κ3) is 4.04. The second-order valence-corrected chi connectivity index (χ2v) is 6.36. The van der Waals surface area contributed by atoms with Crippen LogP contribution in [0.1, 0.15) is 25.3 Å². The zero-order valence-corrected chi connectivity index (χ0v) is 12.1. The van der Waals surface area contributed by atoms with E-state index in [2.05, 4.69) is 4.72 Å². The van der Waals surface area contributed by atoms with Gasteiger partial charge in [-0.2, -0.15) is 0 Å². The van der Waals surface area contributed by atoms with E-state index in [0.717, 1.165) is 12.0 Å². The molecule has 0 heterocycles. The lowest BCUT2D eigenvalue weighted by molar-refractivity contribution is 0.567. The van der Waals surface area contributed by atoms with Gasteiger partial charge in [0.05, 0.1) is 15.9 Å². The number of aryl methyl sites for hydroxylation is 1. The molecule has 4 nitrogen and oxygen atoms in total. The van der Waals surface area contributed by atoms with Gasteiger partial charge >= 0.3 is 0 Å². The van der Waals surface area contributed by atoms with Crippen molar-refractivity contribution in [3.8, 4) is 0 Å². The number of benzene rings is 1. The van der Waals surface area contributed by atoms with Crippen molar-refractivity contribution in [1.29, 1.82) is 0 Å². The quantitative estimate of drug-likeness (QED) is 0.781. The number of nitrogens with one attached hydrogen (secondary N) is 1. The Labute approximate surface area is 114 Å². The van der Waals surface area contributed by atoms with Gasteiger partial charge in [0.15, 0.2) is 0 Å². The minimum atomic E-state index is -3.56. The molecule has 18 heavy (non-hydrogen) atoms. The molecular formula is C12H18N2O2S2. The molecule has 0 amide bonds. The smallest absolute Gasteiger partial charge is 0.241 e. The summed E-state index contributed by atoms with van der Waals surface area (Å²) in [5, 5.41) is 0. The topological polar surface area (TPSA) is 72.2 Å². The van der Waals surface area contributed by atoms with Crippen molar-refractivity contribution < 1.29 is 8.42 Å². The first-order chi connectivity index (χ1) is 8.36. The van der Waals surface area contributed by atoms with Gasteiger partial charge in [0.25, 0.3) is 0 Å². The summed E-state index contributed by atoms with van der Waals surface area (Å²) in [6.07, 6.45) is 1.40. The van der Waals surface area contributed by atoms with E-state index in [-0.39, 0.29) is 9.88 Å². The molecule has 0 bridgehead atoms. The minimum Gasteiger partial charge on any atom is -0.392 e. The summed E-state index contributed by atoms with van der Waals surface area (Å²) >= 11 is 4.87. The predicted molar refractivity (Wildman–Crippen MR) is 77.0 cm³/mol. The molecule has 0 saturated heterocycles. The molecule has 1 aromatic rings. The molecule has 1 rings (SSSR count). The second-order valence-electron chi connectivity index (χ2n) is 4.18. The van der Waals surface area contributed by atoms with Crippen LogP contribution in [-0.4, -0.2) is 19.4 Å². The molecule has 1 aromatic carbocycles. The first kappa shape index (κ1) is 15.1. The van der Waals surface area contributed by atoms with Crippen molar-refractivity contribution in [3.63, 3.8) is 0 Å². The van der Waals surface area contributed by atoms with E-state index in [9.17, 15) is 8.42 Å². The van der Waals surface area contributed by atoms with Crippen LogP contribution in [0.15, 0.2) is 29.2 Å². The number of sulfonamides is 1. The van der Waals surface area contributed by atoms with Crippen molar-refractivity contribution in [3.05, 3.63) is 29.8 Å². The molecular weight excluding hydrogens is 268 g/mol. The van der Waals surface area contributed by atoms with Gasteiger partial charge in [-0.1, -0.05) is 43.3 Å². The maximum absolute atomic E-state index is 12.1. The summed E-state index contributed by atoms with van der Waals surface area (Å²) in [7, 11) is -3.56. The monoisotopic (exact) mass is 286 g/mol. The predicted octanol–water partition coefficient (Wildman–Crippen LogP) is 1.73. The average Bonchev–Trinajstić information content (AvgIpc) is 2.28. The Morgan fingerprint density at radius 2 is 1.94 bits per heavy atom. The lowest BCUT2D eigenvalue weighted by atomic mass is 10.2. The van der Waals surface area contributed by atoms with E-state index in [1.54, 1.807) is 24.3 Å². The van der Waals surface area contributed by atoms with Crippen molar-refractivity contribution in [1.82, 2.24) is 4.72 Å². The normalized spacial score (nSPS) is 13.2. The summed E-state index contributed by atoms with van der Waals surface area (Å²) in [6.45, 7) is 3.85. The number of nitrogens with two attached hydrogens (primary N) is 1. The molecule has 0 aromatic heterocycles. The molecule has 1 unspecified atom stereocenters. The number of hydrogen-bond acceptors (Lipinski definition) is 3. The van der Waals surface area contributed by atoms with Crippen molar-refractivity contribution in [2.75, 3.05) is 0 Å². The minimum absolute atomic E-state index is 0.174. The molecule has 0 aliphatic carbocycles. The highest BCUT2D eigenvalue weighted by Gasteiger charge is 2.21. The van der Waals surface area contributed by atoms with Gasteiger partial charge < -0.3 is 5.73 Å². The fourth-order valence-electron chi connectivity index (χ4n) is 1.52. The van der Waals surface area contributed by atoms with Gasteiger partial charge in [-0.25, -0.2) is 13.1 Å². The highest BCUT2D eigenvalue weighted by Crippen LogP contribution is 2.11. The van der Waals surface area contributed by atoms with E-state index in [4.69, 9.17) is 18.0 Å². The molecule has 0 saturated carbocycles. The van der Waals surface area contributed by atoms with Gasteiger partial charge in [-0.3, -0.25) is 0 Å². The molecule has 0 spiro atoms. The molecule has 3 N–H and O–H groups in total. The maximum Gasteiger partial charge on any atom is 0.241 e. The van der Waals surface area contributed by atoms with Gasteiger partial charge in [0, 0.05) is 0 Å². The van der Waals surface area contributed by atoms with Crippen LogP contribution < -0.4 is 10.5 Å². The molecule has 0 fully saturated rings. The van der Waals surface area contributed by atoms with E-state index >= 15 is 0 Å². The zero-order valence-electron chi connectivity index (χ0n) is 10.5. The average molecular weight is 286 g/mol. The summed E-state index contributed by atoms with van der Waals surface area (Å²) in [5.74, 6) is 0. The SMILES string of the molecule is CCCC(NS(=O)(=O)c1ccc(C)cc1)C(N)=S. The fourth-order valence-corrected chi connectivity index (χ4v) is 3.02. The Hall–Kier alpha value is -0.980. The molecule has 0 aliphatic rings. The summed E-state index contributed by atoms with van der Waals surface area (Å²) in [4.78, 5) is 0.401. The van der Waals surface area contributed by atoms with E-state index in [1.807, 2.05) is 13.8 Å². The van der Waals surface area contributed by atoms with Crippen LogP contribution in [0, 0.1) is 6.92 Å². The summed E-state index contributed by atoms with van der Waals surface area (Å²) in [5.41, 5.74) is 6.54. The first-order valence-electron chi connectivity index (χ1n) is 5.75. The van der Waals surface area contributed by atoms with Gasteiger partial charge in [-0.15, -0.1) is 0 Å². The second kappa shape index (κ2) is 6.26.